The van der Waals surface area contributed by atoms with E-state index in [0.29, 0.717) is 42.3 Å². The number of benzene rings is 2. The molecule has 1 fully saturated rings. The molecule has 4 rings (SSSR count). The number of amides is 2. The van der Waals surface area contributed by atoms with Crippen molar-refractivity contribution in [1.29, 1.82) is 0 Å². The molecule has 0 spiro atoms. The molecule has 8 heteroatoms. The number of ether oxygens (including phenoxy) is 1. The van der Waals surface area contributed by atoms with Gasteiger partial charge in [0.15, 0.2) is 6.10 Å². The van der Waals surface area contributed by atoms with Gasteiger partial charge in [-0.1, -0.05) is 11.6 Å². The van der Waals surface area contributed by atoms with Gasteiger partial charge in [-0.15, -0.1) is 0 Å². The third kappa shape index (κ3) is 4.57. The van der Waals surface area contributed by atoms with Crippen molar-refractivity contribution >= 4 is 34.4 Å². The fourth-order valence-electron chi connectivity index (χ4n) is 3.61. The largest absolute Gasteiger partial charge is 0.481 e. The Kier molecular flexibility index (Phi) is 5.90. The third-order valence-electron chi connectivity index (χ3n) is 5.30. The first-order valence-corrected chi connectivity index (χ1v) is 10.3. The Balaban J connectivity index is 1.28. The number of likely N-dealkylation sites (tertiary alicyclic amines) is 1. The Labute approximate surface area is 179 Å². The number of hydrogen-bond donors (Lipinski definition) is 2. The number of aromatic amines is 1. The SMILES string of the molecule is CC(Oc1ccc(Cl)cc1)C(=O)N1CCC(NC(=O)c2ccc3nc[nH]c3c2)CC1. The van der Waals surface area contributed by atoms with Gasteiger partial charge >= 0.3 is 0 Å². The molecule has 1 aliphatic heterocycles. The molecule has 1 unspecified atom stereocenters. The van der Waals surface area contributed by atoms with Crippen LogP contribution in [0.2, 0.25) is 5.02 Å². The number of carbonyl (C=O) groups is 2. The number of nitrogens with zero attached hydrogens (tertiary/aromatic N) is 2. The number of rotatable bonds is 5. The van der Waals surface area contributed by atoms with Gasteiger partial charge in [-0.3, -0.25) is 9.59 Å². The van der Waals surface area contributed by atoms with E-state index in [1.165, 1.54) is 0 Å². The zero-order valence-electron chi connectivity index (χ0n) is 16.6. The van der Waals surface area contributed by atoms with Crippen molar-refractivity contribution in [3.8, 4) is 5.75 Å². The number of imidazole rings is 1. The van der Waals surface area contributed by atoms with E-state index in [4.69, 9.17) is 16.3 Å². The summed E-state index contributed by atoms with van der Waals surface area (Å²) >= 11 is 5.88. The quantitative estimate of drug-likeness (QED) is 0.654. The van der Waals surface area contributed by atoms with Crippen molar-refractivity contribution in [3.05, 3.63) is 59.4 Å². The highest BCUT2D eigenvalue weighted by Gasteiger charge is 2.28. The number of carbonyl (C=O) groups excluding carboxylic acids is 2. The molecular weight excluding hydrogens is 404 g/mol. The Morgan fingerprint density at radius 2 is 1.93 bits per heavy atom. The van der Waals surface area contributed by atoms with E-state index in [0.717, 1.165) is 11.0 Å². The van der Waals surface area contributed by atoms with E-state index >= 15 is 0 Å². The van der Waals surface area contributed by atoms with Crippen LogP contribution in [0, 0.1) is 0 Å². The minimum Gasteiger partial charge on any atom is -0.481 e. The Hall–Kier alpha value is -3.06. The molecule has 2 amide bonds. The fraction of sp³-hybridized carbons (Fsp3) is 0.318. The molecule has 156 valence electrons. The lowest BCUT2D eigenvalue weighted by atomic mass is 10.0. The summed E-state index contributed by atoms with van der Waals surface area (Å²) in [6.45, 7) is 2.91. The maximum absolute atomic E-state index is 12.7. The average Bonchev–Trinajstić information content (AvgIpc) is 3.23. The molecule has 3 aromatic rings. The zero-order valence-corrected chi connectivity index (χ0v) is 17.4. The van der Waals surface area contributed by atoms with Gasteiger partial charge in [-0.2, -0.15) is 0 Å². The second kappa shape index (κ2) is 8.75. The molecule has 1 saturated heterocycles. The second-order valence-electron chi connectivity index (χ2n) is 7.42. The van der Waals surface area contributed by atoms with Crippen molar-refractivity contribution in [1.82, 2.24) is 20.2 Å². The summed E-state index contributed by atoms with van der Waals surface area (Å²) in [5.74, 6) is 0.437. The normalized spacial score (nSPS) is 15.7. The van der Waals surface area contributed by atoms with Crippen LogP contribution >= 0.6 is 11.6 Å². The minimum atomic E-state index is -0.585. The van der Waals surface area contributed by atoms with Crippen LogP contribution < -0.4 is 10.1 Å². The minimum absolute atomic E-state index is 0.0338. The van der Waals surface area contributed by atoms with E-state index < -0.39 is 6.10 Å². The summed E-state index contributed by atoms with van der Waals surface area (Å²) in [6.07, 6.45) is 2.43. The molecule has 1 aliphatic rings. The van der Waals surface area contributed by atoms with Crippen LogP contribution in [-0.4, -0.2) is 51.9 Å². The van der Waals surface area contributed by atoms with Gasteiger partial charge in [0.2, 0.25) is 0 Å². The van der Waals surface area contributed by atoms with Crippen LogP contribution in [-0.2, 0) is 4.79 Å². The third-order valence-corrected chi connectivity index (χ3v) is 5.55. The summed E-state index contributed by atoms with van der Waals surface area (Å²) < 4.78 is 5.73. The van der Waals surface area contributed by atoms with E-state index in [1.54, 1.807) is 54.5 Å². The lowest BCUT2D eigenvalue weighted by molar-refractivity contribution is -0.139. The molecule has 0 saturated carbocycles. The van der Waals surface area contributed by atoms with Crippen molar-refractivity contribution in [3.63, 3.8) is 0 Å². The summed E-state index contributed by atoms with van der Waals surface area (Å²) in [4.78, 5) is 34.2. The molecule has 0 bridgehead atoms. The Morgan fingerprint density at radius 1 is 1.20 bits per heavy atom. The lowest BCUT2D eigenvalue weighted by Gasteiger charge is -2.33. The highest BCUT2D eigenvalue weighted by Crippen LogP contribution is 2.19. The average molecular weight is 427 g/mol. The number of piperidine rings is 1. The van der Waals surface area contributed by atoms with Crippen molar-refractivity contribution < 1.29 is 14.3 Å². The number of hydrogen-bond acceptors (Lipinski definition) is 4. The summed E-state index contributed by atoms with van der Waals surface area (Å²) in [6, 6.07) is 12.4. The van der Waals surface area contributed by atoms with E-state index in [9.17, 15) is 9.59 Å². The van der Waals surface area contributed by atoms with Gasteiger partial charge in [0.25, 0.3) is 11.8 Å². The first-order chi connectivity index (χ1) is 14.5. The number of nitrogens with one attached hydrogen (secondary N) is 2. The van der Waals surface area contributed by atoms with Gasteiger partial charge < -0.3 is 19.9 Å². The summed E-state index contributed by atoms with van der Waals surface area (Å²) in [5, 5.41) is 3.69. The van der Waals surface area contributed by atoms with Crippen molar-refractivity contribution in [2.45, 2.75) is 31.9 Å². The fourth-order valence-corrected chi connectivity index (χ4v) is 3.74. The second-order valence-corrected chi connectivity index (χ2v) is 7.86. The molecule has 1 aromatic heterocycles. The van der Waals surface area contributed by atoms with E-state index in [2.05, 4.69) is 15.3 Å². The molecule has 2 N–H and O–H groups in total. The van der Waals surface area contributed by atoms with Crippen LogP contribution in [0.25, 0.3) is 11.0 Å². The molecule has 7 nitrogen and oxygen atoms in total. The van der Waals surface area contributed by atoms with E-state index in [1.807, 2.05) is 6.07 Å². The van der Waals surface area contributed by atoms with Gasteiger partial charge in [0.1, 0.15) is 5.75 Å². The van der Waals surface area contributed by atoms with Crippen LogP contribution in [0.1, 0.15) is 30.1 Å². The first-order valence-electron chi connectivity index (χ1n) is 9.94. The predicted octanol–water partition coefficient (Wildman–Crippen LogP) is 3.40. The Morgan fingerprint density at radius 3 is 2.67 bits per heavy atom. The number of fused-ring (bicyclic) bond motifs is 1. The monoisotopic (exact) mass is 426 g/mol. The topological polar surface area (TPSA) is 87.3 Å². The van der Waals surface area contributed by atoms with Crippen molar-refractivity contribution in [2.24, 2.45) is 0 Å². The van der Waals surface area contributed by atoms with Crippen molar-refractivity contribution in [2.75, 3.05) is 13.1 Å². The maximum atomic E-state index is 12.7. The first kappa shape index (κ1) is 20.2. The van der Waals surface area contributed by atoms with Gasteiger partial charge in [-0.25, -0.2) is 4.98 Å². The molecule has 2 aromatic carbocycles. The summed E-state index contributed by atoms with van der Waals surface area (Å²) in [5.41, 5.74) is 2.25. The standard InChI is InChI=1S/C22H23ClN4O3/c1-14(30-18-5-3-16(23)4-6-18)22(29)27-10-8-17(9-11-27)26-21(28)15-2-7-19-20(12-15)25-13-24-19/h2-7,12-14,17H,8-11H2,1H3,(H,24,25)(H,26,28). The molecule has 2 heterocycles. The van der Waals surface area contributed by atoms with Crippen LogP contribution in [0.5, 0.6) is 5.75 Å². The van der Waals surface area contributed by atoms with E-state index in [-0.39, 0.29) is 17.9 Å². The molecular formula is C22H23ClN4O3. The maximum Gasteiger partial charge on any atom is 0.263 e. The van der Waals surface area contributed by atoms with Crippen LogP contribution in [0.4, 0.5) is 0 Å². The summed E-state index contributed by atoms with van der Waals surface area (Å²) in [7, 11) is 0. The molecule has 0 radical (unpaired) electrons. The van der Waals surface area contributed by atoms with Crippen LogP contribution in [0.15, 0.2) is 48.8 Å². The molecule has 0 aliphatic carbocycles. The molecule has 30 heavy (non-hydrogen) atoms. The van der Waals surface area contributed by atoms with Gasteiger partial charge in [0.05, 0.1) is 17.4 Å². The highest BCUT2D eigenvalue weighted by atomic mass is 35.5. The highest BCUT2D eigenvalue weighted by molar-refractivity contribution is 6.30. The zero-order chi connectivity index (χ0) is 21.1. The molecule has 1 atom stereocenters. The van der Waals surface area contributed by atoms with Gasteiger partial charge in [-0.05, 0) is 62.2 Å². The smallest absolute Gasteiger partial charge is 0.263 e. The Bertz CT molecular complexity index is 1040. The number of aromatic nitrogens is 2. The number of H-pyrrole nitrogens is 1. The predicted molar refractivity (Wildman–Crippen MR) is 115 cm³/mol. The lowest BCUT2D eigenvalue weighted by Crippen LogP contribution is -2.49. The van der Waals surface area contributed by atoms with Crippen LogP contribution in [0.3, 0.4) is 0 Å². The van der Waals surface area contributed by atoms with Gasteiger partial charge in [0, 0.05) is 29.7 Å². The number of halogens is 1.